The van der Waals surface area contributed by atoms with Crippen molar-refractivity contribution in [2.75, 3.05) is 19.8 Å². The van der Waals surface area contributed by atoms with Crippen molar-refractivity contribution in [2.24, 2.45) is 50.2 Å². The highest BCUT2D eigenvalue weighted by atomic mass is 16.8. The van der Waals surface area contributed by atoms with Crippen LogP contribution in [0.25, 0.3) is 0 Å². The van der Waals surface area contributed by atoms with E-state index in [-0.39, 0.29) is 57.5 Å². The van der Waals surface area contributed by atoms with Crippen molar-refractivity contribution in [1.82, 2.24) is 0 Å². The summed E-state index contributed by atoms with van der Waals surface area (Å²) in [7, 11) is 0. The van der Waals surface area contributed by atoms with Crippen molar-refractivity contribution < 1.29 is 94.5 Å². The van der Waals surface area contributed by atoms with Crippen molar-refractivity contribution >= 4 is 5.97 Å². The second-order valence-corrected chi connectivity index (χ2v) is 23.6. The van der Waals surface area contributed by atoms with Crippen LogP contribution in [0.1, 0.15) is 106 Å². The van der Waals surface area contributed by atoms with Gasteiger partial charge in [-0.2, -0.15) is 0 Å². The Morgan fingerprint density at radius 2 is 1.21 bits per heavy atom. The molecular formula is C48H78O19. The van der Waals surface area contributed by atoms with Gasteiger partial charge in [0.25, 0.3) is 0 Å². The molecule has 12 N–H and O–H groups in total. The van der Waals surface area contributed by atoms with Gasteiger partial charge in [0.1, 0.15) is 67.1 Å². The molecule has 3 aliphatic heterocycles. The van der Waals surface area contributed by atoms with E-state index in [1.54, 1.807) is 0 Å². The van der Waals surface area contributed by atoms with E-state index in [9.17, 15) is 66.1 Å². The number of fused-ring (bicyclic) bond motifs is 7. The maximum atomic E-state index is 12.5. The molecular weight excluding hydrogens is 881 g/mol. The lowest BCUT2D eigenvalue weighted by Crippen LogP contribution is -2.68. The van der Waals surface area contributed by atoms with E-state index in [0.29, 0.717) is 12.8 Å². The summed E-state index contributed by atoms with van der Waals surface area (Å²) in [5.41, 5.74) is -0.143. The fourth-order valence-electron chi connectivity index (χ4n) is 15.2. The van der Waals surface area contributed by atoms with Gasteiger partial charge in [-0.15, -0.1) is 0 Å². The fourth-order valence-corrected chi connectivity index (χ4v) is 15.2. The van der Waals surface area contributed by atoms with E-state index in [1.807, 2.05) is 6.92 Å². The summed E-state index contributed by atoms with van der Waals surface area (Å²) in [4.78, 5) is 12.5. The Bertz CT molecular complexity index is 1830. The van der Waals surface area contributed by atoms with E-state index in [4.69, 9.17) is 28.4 Å². The van der Waals surface area contributed by atoms with Crippen LogP contribution < -0.4 is 0 Å². The number of aliphatic carboxylic acids is 1. The Balaban J connectivity index is 1.08. The molecule has 19 nitrogen and oxygen atoms in total. The number of allylic oxidation sites excluding steroid dienone is 2. The molecule has 384 valence electrons. The second kappa shape index (κ2) is 18.2. The zero-order valence-corrected chi connectivity index (χ0v) is 39.8. The van der Waals surface area contributed by atoms with Gasteiger partial charge in [0.2, 0.25) is 0 Å². The standard InChI is InChI=1S/C48H78O19/c1-43(2)16-22-21-8-9-26-45(4)12-11-28(46(5,20-51)25(45)10-13-48(26,7)47(21,6)15-14-44(22,3)27(52)17-43)64-42-38(34(58)33(57)36(65-42)39(60)61)67-41-37(32(56)30(54)24(19-50)63-41)66-40-35(59)31(55)29(53)23(18-49)62-40/h8,22-38,40-42,49-59H,9-20H2,1-7H3,(H,60,61)/t22-,23+,24+,25+,26+,27+,28-,29+,30-,31-,32+,33-,34-,35+,36-,37+,38+,40-,41-,42+,44+,45-,46+,47+,48+/m0/s1. The van der Waals surface area contributed by atoms with Crippen molar-refractivity contribution in [3.05, 3.63) is 11.6 Å². The summed E-state index contributed by atoms with van der Waals surface area (Å²) in [6, 6.07) is 0. The van der Waals surface area contributed by atoms with E-state index in [2.05, 4.69) is 47.6 Å². The smallest absolute Gasteiger partial charge is 0.335 e. The number of ether oxygens (including phenoxy) is 6. The van der Waals surface area contributed by atoms with E-state index in [0.717, 1.165) is 44.9 Å². The number of carboxylic acids is 1. The van der Waals surface area contributed by atoms with Gasteiger partial charge < -0.3 is 89.7 Å². The zero-order valence-electron chi connectivity index (χ0n) is 39.8. The van der Waals surface area contributed by atoms with Crippen LogP contribution in [0, 0.1) is 50.2 Å². The molecule has 3 heterocycles. The van der Waals surface area contributed by atoms with E-state index >= 15 is 0 Å². The lowest BCUT2D eigenvalue weighted by Gasteiger charge is -2.72. The van der Waals surface area contributed by atoms with Crippen molar-refractivity contribution in [3.8, 4) is 0 Å². The van der Waals surface area contributed by atoms with Crippen molar-refractivity contribution in [2.45, 2.75) is 211 Å². The van der Waals surface area contributed by atoms with Crippen LogP contribution in [0.4, 0.5) is 0 Å². The first kappa shape index (κ1) is 51.9. The Kier molecular flexibility index (Phi) is 14.1. The van der Waals surface area contributed by atoms with Crippen LogP contribution in [0.2, 0.25) is 0 Å². The minimum absolute atomic E-state index is 0.00861. The first-order valence-corrected chi connectivity index (χ1v) is 24.4. The third-order valence-electron chi connectivity index (χ3n) is 19.5. The van der Waals surface area contributed by atoms with Gasteiger partial charge in [0.15, 0.2) is 25.0 Å². The molecule has 5 aliphatic carbocycles. The molecule has 0 radical (unpaired) electrons. The molecule has 0 amide bonds. The SMILES string of the molecule is CC1(C)C[C@@H](O)[C@]2(C)CC[C@]3(C)C(=CC[C@@H]4[C@@]5(C)CC[C@H](O[C@@H]6O[C@H](C(=O)O)[C@@H](O)[C@H](O)[C@H]6O[C@@H]6O[C@H](CO)[C@H](O)[C@@H](O)[C@H]6O[C@@H]6O[C@H](CO)[C@@H](O)[C@H](O)[C@H]6O)[C@](C)(CO)[C@@H]5CC[C@]43C)[C@@H]2C1. The van der Waals surface area contributed by atoms with Crippen LogP contribution >= 0.6 is 0 Å². The fraction of sp³-hybridized carbons (Fsp3) is 0.938. The number of carboxylic acid groups (broad SMARTS) is 1. The molecule has 25 atom stereocenters. The Morgan fingerprint density at radius 1 is 0.627 bits per heavy atom. The lowest BCUT2D eigenvalue weighted by molar-refractivity contribution is -0.397. The molecule has 7 fully saturated rings. The maximum Gasteiger partial charge on any atom is 0.335 e. The highest BCUT2D eigenvalue weighted by molar-refractivity contribution is 5.73. The minimum atomic E-state index is -2.10. The zero-order chi connectivity index (χ0) is 49.1. The number of hydrogen-bond donors (Lipinski definition) is 12. The predicted molar refractivity (Wildman–Crippen MR) is 232 cm³/mol. The monoisotopic (exact) mass is 959 g/mol. The largest absolute Gasteiger partial charge is 0.479 e. The van der Waals surface area contributed by atoms with Gasteiger partial charge in [-0.3, -0.25) is 0 Å². The third-order valence-corrected chi connectivity index (χ3v) is 19.5. The van der Waals surface area contributed by atoms with Gasteiger partial charge in [0.05, 0.1) is 32.0 Å². The molecule has 0 bridgehead atoms. The molecule has 8 rings (SSSR count). The topological polar surface area (TPSA) is 315 Å². The molecule has 0 spiro atoms. The first-order chi connectivity index (χ1) is 31.3. The van der Waals surface area contributed by atoms with Crippen LogP contribution in [0.3, 0.4) is 0 Å². The van der Waals surface area contributed by atoms with Crippen molar-refractivity contribution in [1.29, 1.82) is 0 Å². The van der Waals surface area contributed by atoms with E-state index in [1.165, 1.54) is 5.57 Å². The number of aliphatic hydroxyl groups excluding tert-OH is 11. The molecule has 0 aromatic rings. The number of hydrogen-bond acceptors (Lipinski definition) is 18. The van der Waals surface area contributed by atoms with Gasteiger partial charge in [-0.05, 0) is 97.2 Å². The van der Waals surface area contributed by atoms with Crippen LogP contribution in [-0.4, -0.2) is 191 Å². The van der Waals surface area contributed by atoms with Gasteiger partial charge in [-0.1, -0.05) is 60.1 Å². The quantitative estimate of drug-likeness (QED) is 0.0986. The lowest BCUT2D eigenvalue weighted by atomic mass is 9.33. The predicted octanol–water partition coefficient (Wildman–Crippen LogP) is -0.323. The normalized spacial score (nSPS) is 55.3. The van der Waals surface area contributed by atoms with Gasteiger partial charge in [0, 0.05) is 10.8 Å². The summed E-state index contributed by atoms with van der Waals surface area (Å²) in [6.07, 6.45) is -19.2. The number of carbonyl (C=O) groups is 1. The molecule has 4 saturated carbocycles. The third kappa shape index (κ3) is 8.10. The Morgan fingerprint density at radius 3 is 1.82 bits per heavy atom. The van der Waals surface area contributed by atoms with Crippen LogP contribution in [0.5, 0.6) is 0 Å². The molecule has 0 aromatic heterocycles. The summed E-state index contributed by atoms with van der Waals surface area (Å²) >= 11 is 0. The molecule has 0 aromatic carbocycles. The number of rotatable bonds is 10. The molecule has 3 saturated heterocycles. The molecule has 19 heteroatoms. The highest BCUT2D eigenvalue weighted by Gasteiger charge is 2.70. The van der Waals surface area contributed by atoms with Crippen LogP contribution in [0.15, 0.2) is 11.6 Å². The first-order valence-electron chi connectivity index (χ1n) is 24.4. The van der Waals surface area contributed by atoms with Crippen LogP contribution in [-0.2, 0) is 33.2 Å². The summed E-state index contributed by atoms with van der Waals surface area (Å²) in [6.45, 7) is 14.0. The molecule has 8 aliphatic rings. The van der Waals surface area contributed by atoms with Gasteiger partial charge >= 0.3 is 5.97 Å². The Hall–Kier alpha value is -1.47. The summed E-state index contributed by atoms with van der Waals surface area (Å²) in [5.74, 6) is -1.22. The highest BCUT2D eigenvalue weighted by Crippen LogP contribution is 2.76. The molecule has 67 heavy (non-hydrogen) atoms. The summed E-state index contributed by atoms with van der Waals surface area (Å²) in [5, 5.41) is 130. The Labute approximate surface area is 392 Å². The maximum absolute atomic E-state index is 12.5. The second-order valence-electron chi connectivity index (χ2n) is 23.6. The average Bonchev–Trinajstić information content (AvgIpc) is 3.27. The van der Waals surface area contributed by atoms with Gasteiger partial charge in [-0.25, -0.2) is 4.79 Å². The van der Waals surface area contributed by atoms with Crippen molar-refractivity contribution in [3.63, 3.8) is 0 Å². The average molecular weight is 959 g/mol. The number of aliphatic hydroxyl groups is 11. The summed E-state index contributed by atoms with van der Waals surface area (Å²) < 4.78 is 36.0. The molecule has 0 unspecified atom stereocenters. The van der Waals surface area contributed by atoms with E-state index < -0.39 is 123 Å². The minimum Gasteiger partial charge on any atom is -0.479 e.